The van der Waals surface area contributed by atoms with Gasteiger partial charge in [-0.05, 0) is 25.0 Å². The molecule has 0 aromatic rings. The quantitative estimate of drug-likeness (QED) is 0.819. The van der Waals surface area contributed by atoms with Crippen molar-refractivity contribution in [1.29, 1.82) is 0 Å². The van der Waals surface area contributed by atoms with Crippen LogP contribution in [0.4, 0.5) is 0 Å². The first-order chi connectivity index (χ1) is 7.70. The molecule has 0 saturated carbocycles. The first-order valence-corrected chi connectivity index (χ1v) is 7.43. The van der Waals surface area contributed by atoms with Crippen LogP contribution in [0.3, 0.4) is 0 Å². The van der Waals surface area contributed by atoms with Crippen molar-refractivity contribution in [2.24, 2.45) is 11.1 Å². The molecule has 0 bridgehead atoms. The van der Waals surface area contributed by atoms with Crippen LogP contribution >= 0.6 is 11.8 Å². The highest BCUT2D eigenvalue weighted by Crippen LogP contribution is 2.28. The van der Waals surface area contributed by atoms with Crippen LogP contribution in [0.1, 0.15) is 33.1 Å². The molecule has 0 radical (unpaired) electrons. The Morgan fingerprint density at radius 3 is 2.56 bits per heavy atom. The summed E-state index contributed by atoms with van der Waals surface area (Å²) in [6.07, 6.45) is 2.81. The summed E-state index contributed by atoms with van der Waals surface area (Å²) < 4.78 is 0. The zero-order valence-corrected chi connectivity index (χ0v) is 11.3. The Bertz CT molecular complexity index is 213. The van der Waals surface area contributed by atoms with Gasteiger partial charge in [0, 0.05) is 25.4 Å². The summed E-state index contributed by atoms with van der Waals surface area (Å²) in [5.74, 6) is 2.53. The fraction of sp³-hybridized carbons (Fsp3) is 0.917. The normalized spacial score (nSPS) is 18.3. The van der Waals surface area contributed by atoms with Gasteiger partial charge in [-0.2, -0.15) is 11.8 Å². The van der Waals surface area contributed by atoms with E-state index in [1.54, 1.807) is 0 Å². The minimum atomic E-state index is -0.311. The maximum absolute atomic E-state index is 12.5. The Labute approximate surface area is 103 Å². The summed E-state index contributed by atoms with van der Waals surface area (Å²) in [4.78, 5) is 14.5. The van der Waals surface area contributed by atoms with Gasteiger partial charge in [0.25, 0.3) is 0 Å². The summed E-state index contributed by atoms with van der Waals surface area (Å²) in [5, 5.41) is 0. The predicted octanol–water partition coefficient (Wildman–Crippen LogP) is 1.72. The summed E-state index contributed by atoms with van der Waals surface area (Å²) in [6, 6.07) is 0. The number of carbonyl (C=O) groups is 1. The monoisotopic (exact) mass is 244 g/mol. The van der Waals surface area contributed by atoms with Crippen LogP contribution in [-0.4, -0.2) is 41.9 Å². The number of carbonyl (C=O) groups excluding carboxylic acids is 1. The van der Waals surface area contributed by atoms with E-state index in [1.807, 2.05) is 16.7 Å². The Morgan fingerprint density at radius 2 is 2.00 bits per heavy atom. The van der Waals surface area contributed by atoms with Crippen LogP contribution in [0.25, 0.3) is 0 Å². The maximum Gasteiger partial charge on any atom is 0.230 e. The molecule has 2 N–H and O–H groups in total. The molecule has 0 aromatic heterocycles. The highest BCUT2D eigenvalue weighted by Gasteiger charge is 2.36. The molecule has 1 saturated heterocycles. The van der Waals surface area contributed by atoms with Gasteiger partial charge in [0.05, 0.1) is 5.41 Å². The SMILES string of the molecule is CCC(CC)(CN)C(=O)N1CCCSCC1. The second-order valence-corrected chi connectivity index (χ2v) is 5.67. The number of amides is 1. The van der Waals surface area contributed by atoms with Crippen molar-refractivity contribution in [3.63, 3.8) is 0 Å². The molecule has 1 heterocycles. The van der Waals surface area contributed by atoms with Crippen LogP contribution in [0, 0.1) is 5.41 Å². The van der Waals surface area contributed by atoms with E-state index in [0.717, 1.165) is 38.1 Å². The topological polar surface area (TPSA) is 46.3 Å². The third-order valence-corrected chi connectivity index (χ3v) is 4.76. The number of nitrogens with two attached hydrogens (primary N) is 1. The molecule has 0 spiro atoms. The van der Waals surface area contributed by atoms with E-state index in [0.29, 0.717) is 6.54 Å². The van der Waals surface area contributed by atoms with Gasteiger partial charge in [0.1, 0.15) is 0 Å². The number of rotatable bonds is 4. The van der Waals surface area contributed by atoms with Gasteiger partial charge in [-0.1, -0.05) is 13.8 Å². The Balaban J connectivity index is 2.72. The lowest BCUT2D eigenvalue weighted by molar-refractivity contribution is -0.141. The summed E-state index contributed by atoms with van der Waals surface area (Å²) in [6.45, 7) is 6.42. The lowest BCUT2D eigenvalue weighted by Gasteiger charge is -2.34. The minimum absolute atomic E-state index is 0.280. The molecular formula is C12H24N2OS. The zero-order valence-electron chi connectivity index (χ0n) is 10.5. The Kier molecular flexibility index (Phi) is 5.62. The minimum Gasteiger partial charge on any atom is -0.341 e. The number of hydrogen-bond donors (Lipinski definition) is 1. The molecule has 16 heavy (non-hydrogen) atoms. The molecule has 0 atom stereocenters. The molecule has 1 fully saturated rings. The largest absolute Gasteiger partial charge is 0.341 e. The van der Waals surface area contributed by atoms with Crippen LogP contribution in [0.5, 0.6) is 0 Å². The van der Waals surface area contributed by atoms with Crippen molar-refractivity contribution in [1.82, 2.24) is 4.90 Å². The van der Waals surface area contributed by atoms with Gasteiger partial charge < -0.3 is 10.6 Å². The fourth-order valence-electron chi connectivity index (χ4n) is 2.21. The van der Waals surface area contributed by atoms with E-state index in [-0.39, 0.29) is 11.3 Å². The van der Waals surface area contributed by atoms with E-state index in [4.69, 9.17) is 5.73 Å². The van der Waals surface area contributed by atoms with Crippen molar-refractivity contribution in [2.75, 3.05) is 31.1 Å². The summed E-state index contributed by atoms with van der Waals surface area (Å²) in [7, 11) is 0. The average molecular weight is 244 g/mol. The summed E-state index contributed by atoms with van der Waals surface area (Å²) in [5.41, 5.74) is 5.51. The van der Waals surface area contributed by atoms with Crippen molar-refractivity contribution in [3.8, 4) is 0 Å². The van der Waals surface area contributed by atoms with E-state index >= 15 is 0 Å². The number of hydrogen-bond acceptors (Lipinski definition) is 3. The standard InChI is InChI=1S/C12H24N2OS/c1-3-12(4-2,10-13)11(15)14-6-5-8-16-9-7-14/h3-10,13H2,1-2H3. The molecule has 0 unspecified atom stereocenters. The van der Waals surface area contributed by atoms with E-state index < -0.39 is 0 Å². The van der Waals surface area contributed by atoms with Gasteiger partial charge in [-0.3, -0.25) is 4.79 Å². The van der Waals surface area contributed by atoms with Gasteiger partial charge in [0.2, 0.25) is 5.91 Å². The lowest BCUT2D eigenvalue weighted by atomic mass is 9.81. The molecule has 0 aliphatic carbocycles. The van der Waals surface area contributed by atoms with Crippen molar-refractivity contribution in [3.05, 3.63) is 0 Å². The molecule has 1 amide bonds. The fourth-order valence-corrected chi connectivity index (χ4v) is 3.10. The van der Waals surface area contributed by atoms with E-state index in [1.165, 1.54) is 5.75 Å². The van der Waals surface area contributed by atoms with Gasteiger partial charge >= 0.3 is 0 Å². The van der Waals surface area contributed by atoms with Gasteiger partial charge in [0.15, 0.2) is 0 Å². The first-order valence-electron chi connectivity index (χ1n) is 6.27. The Hall–Kier alpha value is -0.220. The molecule has 0 aromatic carbocycles. The second kappa shape index (κ2) is 6.50. The van der Waals surface area contributed by atoms with E-state index in [2.05, 4.69) is 13.8 Å². The molecule has 1 rings (SSSR count). The smallest absolute Gasteiger partial charge is 0.230 e. The van der Waals surface area contributed by atoms with Crippen LogP contribution in [0.15, 0.2) is 0 Å². The Morgan fingerprint density at radius 1 is 1.31 bits per heavy atom. The van der Waals surface area contributed by atoms with E-state index in [9.17, 15) is 4.79 Å². The lowest BCUT2D eigenvalue weighted by Crippen LogP contribution is -2.48. The molecule has 4 heteroatoms. The molecule has 94 valence electrons. The van der Waals surface area contributed by atoms with Crippen molar-refractivity contribution >= 4 is 17.7 Å². The third kappa shape index (κ3) is 2.92. The maximum atomic E-state index is 12.5. The first kappa shape index (κ1) is 13.8. The third-order valence-electron chi connectivity index (χ3n) is 3.71. The molecule has 3 nitrogen and oxygen atoms in total. The number of thioether (sulfide) groups is 1. The zero-order chi connectivity index (χ0) is 12.0. The highest BCUT2D eigenvalue weighted by atomic mass is 32.2. The molecular weight excluding hydrogens is 220 g/mol. The predicted molar refractivity (Wildman–Crippen MR) is 70.6 cm³/mol. The molecule has 1 aliphatic rings. The van der Waals surface area contributed by atoms with Crippen LogP contribution < -0.4 is 5.73 Å². The van der Waals surface area contributed by atoms with Crippen molar-refractivity contribution < 1.29 is 4.79 Å². The summed E-state index contributed by atoms with van der Waals surface area (Å²) >= 11 is 1.95. The number of nitrogens with zero attached hydrogens (tertiary/aromatic N) is 1. The highest BCUT2D eigenvalue weighted by molar-refractivity contribution is 7.99. The van der Waals surface area contributed by atoms with Gasteiger partial charge in [-0.15, -0.1) is 0 Å². The van der Waals surface area contributed by atoms with Crippen LogP contribution in [-0.2, 0) is 4.79 Å². The second-order valence-electron chi connectivity index (χ2n) is 4.45. The molecule has 1 aliphatic heterocycles. The average Bonchev–Trinajstić information content (AvgIpc) is 2.60. The van der Waals surface area contributed by atoms with Crippen LogP contribution in [0.2, 0.25) is 0 Å². The van der Waals surface area contributed by atoms with Gasteiger partial charge in [-0.25, -0.2) is 0 Å². The van der Waals surface area contributed by atoms with Crippen molar-refractivity contribution in [2.45, 2.75) is 33.1 Å².